The van der Waals surface area contributed by atoms with Crippen LogP contribution in [0.15, 0.2) is 65.2 Å². The minimum absolute atomic E-state index is 0.100. The topological polar surface area (TPSA) is 55.1 Å². The van der Waals surface area contributed by atoms with E-state index in [2.05, 4.69) is 10.5 Å². The first-order valence-electron chi connectivity index (χ1n) is 9.09. The third kappa shape index (κ3) is 2.81. The Kier molecular flexibility index (Phi) is 4.33. The highest BCUT2D eigenvalue weighted by Crippen LogP contribution is 2.34. The van der Waals surface area contributed by atoms with E-state index in [0.717, 1.165) is 48.1 Å². The highest BCUT2D eigenvalue weighted by atomic mass is 16.5. The molecule has 1 aromatic heterocycles. The molecule has 0 bridgehead atoms. The van der Waals surface area contributed by atoms with Gasteiger partial charge in [-0.15, -0.1) is 0 Å². The summed E-state index contributed by atoms with van der Waals surface area (Å²) in [7, 11) is 0. The Labute approximate surface area is 153 Å². The van der Waals surface area contributed by atoms with Gasteiger partial charge < -0.3 is 9.84 Å². The minimum atomic E-state index is -0.816. The standard InChI is InChI=1S/C22H22N2O2/c1-22(16-10-4-2-5-11-16,17-12-6-3-7-13-17)21(25)23-20-18-14-8-9-15-19(18)26-24-20/h2-7,10-13H,8-9,14-15H2,1H3,(H,23,24,25). The predicted molar refractivity (Wildman–Crippen MR) is 101 cm³/mol. The number of anilines is 1. The number of carbonyl (C=O) groups is 1. The third-order valence-electron chi connectivity index (χ3n) is 5.34. The van der Waals surface area contributed by atoms with Gasteiger partial charge in [0.25, 0.3) is 0 Å². The molecule has 1 heterocycles. The molecule has 1 amide bonds. The van der Waals surface area contributed by atoms with Gasteiger partial charge in [-0.1, -0.05) is 65.8 Å². The van der Waals surface area contributed by atoms with Crippen LogP contribution < -0.4 is 5.32 Å². The maximum absolute atomic E-state index is 13.4. The maximum Gasteiger partial charge on any atom is 0.240 e. The van der Waals surface area contributed by atoms with E-state index < -0.39 is 5.41 Å². The molecule has 0 radical (unpaired) electrons. The van der Waals surface area contributed by atoms with Crippen molar-refractivity contribution in [2.24, 2.45) is 0 Å². The SMILES string of the molecule is CC(C(=O)Nc1noc2c1CCCC2)(c1ccccc1)c1ccccc1. The molecule has 2 aromatic carbocycles. The van der Waals surface area contributed by atoms with Gasteiger partial charge in [-0.25, -0.2) is 0 Å². The first-order valence-corrected chi connectivity index (χ1v) is 9.09. The average molecular weight is 346 g/mol. The maximum atomic E-state index is 13.4. The quantitative estimate of drug-likeness (QED) is 0.757. The van der Waals surface area contributed by atoms with Gasteiger partial charge in [0.2, 0.25) is 5.91 Å². The van der Waals surface area contributed by atoms with Gasteiger partial charge in [0.1, 0.15) is 5.76 Å². The van der Waals surface area contributed by atoms with Crippen LogP contribution >= 0.6 is 0 Å². The number of aryl methyl sites for hydroxylation is 1. The lowest BCUT2D eigenvalue weighted by Crippen LogP contribution is -2.39. The van der Waals surface area contributed by atoms with Gasteiger partial charge in [0.05, 0.1) is 5.41 Å². The Hall–Kier alpha value is -2.88. The van der Waals surface area contributed by atoms with Gasteiger partial charge in [0, 0.05) is 12.0 Å². The monoisotopic (exact) mass is 346 g/mol. The summed E-state index contributed by atoms with van der Waals surface area (Å²) in [6, 6.07) is 19.7. The Morgan fingerprint density at radius 2 is 1.54 bits per heavy atom. The van der Waals surface area contributed by atoms with Crippen molar-refractivity contribution in [3.8, 4) is 0 Å². The lowest BCUT2D eigenvalue weighted by Gasteiger charge is -2.29. The van der Waals surface area contributed by atoms with Crippen molar-refractivity contribution >= 4 is 11.7 Å². The summed E-state index contributed by atoms with van der Waals surface area (Å²) in [5.41, 5.74) is 2.12. The molecule has 3 aromatic rings. The van der Waals surface area contributed by atoms with Crippen LogP contribution in [0, 0.1) is 0 Å². The highest BCUT2D eigenvalue weighted by Gasteiger charge is 2.38. The van der Waals surface area contributed by atoms with Gasteiger partial charge in [-0.3, -0.25) is 4.79 Å². The zero-order valence-corrected chi connectivity index (χ0v) is 14.9. The van der Waals surface area contributed by atoms with Crippen LogP contribution in [-0.4, -0.2) is 11.1 Å². The summed E-state index contributed by atoms with van der Waals surface area (Å²) in [6.07, 6.45) is 4.02. The largest absolute Gasteiger partial charge is 0.359 e. The first kappa shape index (κ1) is 16.6. The number of hydrogen-bond acceptors (Lipinski definition) is 3. The third-order valence-corrected chi connectivity index (χ3v) is 5.34. The smallest absolute Gasteiger partial charge is 0.240 e. The molecule has 1 aliphatic carbocycles. The lowest BCUT2D eigenvalue weighted by atomic mass is 9.75. The van der Waals surface area contributed by atoms with Crippen molar-refractivity contribution < 1.29 is 9.32 Å². The van der Waals surface area contributed by atoms with Gasteiger partial charge in [-0.2, -0.15) is 0 Å². The molecule has 0 aliphatic heterocycles. The van der Waals surface area contributed by atoms with Crippen LogP contribution in [0.4, 0.5) is 5.82 Å². The van der Waals surface area contributed by atoms with Crippen LogP contribution in [-0.2, 0) is 23.1 Å². The zero-order valence-electron chi connectivity index (χ0n) is 14.9. The van der Waals surface area contributed by atoms with Crippen LogP contribution in [0.5, 0.6) is 0 Å². The van der Waals surface area contributed by atoms with Gasteiger partial charge in [0.15, 0.2) is 5.82 Å². The van der Waals surface area contributed by atoms with E-state index in [1.54, 1.807) is 0 Å². The normalized spacial score (nSPS) is 13.9. The summed E-state index contributed by atoms with van der Waals surface area (Å²) in [6.45, 7) is 1.96. The van der Waals surface area contributed by atoms with E-state index in [-0.39, 0.29) is 5.91 Å². The molecule has 0 saturated heterocycles. The highest BCUT2D eigenvalue weighted by molar-refractivity contribution is 6.01. The number of benzene rings is 2. The Balaban J connectivity index is 1.73. The Morgan fingerprint density at radius 3 is 2.15 bits per heavy atom. The predicted octanol–water partition coefficient (Wildman–Crippen LogP) is 4.50. The molecule has 0 spiro atoms. The minimum Gasteiger partial charge on any atom is -0.359 e. The van der Waals surface area contributed by atoms with Crippen molar-refractivity contribution in [3.05, 3.63) is 83.1 Å². The Bertz CT molecular complexity index is 861. The van der Waals surface area contributed by atoms with Gasteiger partial charge in [-0.05, 0) is 37.3 Å². The first-order chi connectivity index (χ1) is 12.7. The van der Waals surface area contributed by atoms with Crippen LogP contribution in [0.2, 0.25) is 0 Å². The zero-order chi connectivity index (χ0) is 18.0. The van der Waals surface area contributed by atoms with Crippen LogP contribution in [0.1, 0.15) is 42.2 Å². The molecule has 0 saturated carbocycles. The molecule has 4 heteroatoms. The molecular weight excluding hydrogens is 324 g/mol. The molecule has 0 fully saturated rings. The fourth-order valence-corrected chi connectivity index (χ4v) is 3.69. The molecule has 26 heavy (non-hydrogen) atoms. The number of hydrogen-bond donors (Lipinski definition) is 1. The summed E-state index contributed by atoms with van der Waals surface area (Å²) in [5.74, 6) is 1.38. The molecule has 132 valence electrons. The van der Waals surface area contributed by atoms with Gasteiger partial charge >= 0.3 is 0 Å². The fourth-order valence-electron chi connectivity index (χ4n) is 3.69. The van der Waals surface area contributed by atoms with Crippen LogP contribution in [0.25, 0.3) is 0 Å². The van der Waals surface area contributed by atoms with E-state index in [0.29, 0.717) is 5.82 Å². The number of amides is 1. The molecule has 4 rings (SSSR count). The molecule has 0 unspecified atom stereocenters. The average Bonchev–Trinajstić information content (AvgIpc) is 3.11. The number of carbonyl (C=O) groups excluding carboxylic acids is 1. The lowest BCUT2D eigenvalue weighted by molar-refractivity contribution is -0.119. The fraction of sp³-hybridized carbons (Fsp3) is 0.273. The van der Waals surface area contributed by atoms with Crippen molar-refractivity contribution in [1.29, 1.82) is 0 Å². The molecule has 4 nitrogen and oxygen atoms in total. The second-order valence-corrected chi connectivity index (χ2v) is 6.95. The van der Waals surface area contributed by atoms with E-state index in [1.165, 1.54) is 0 Å². The van der Waals surface area contributed by atoms with E-state index in [9.17, 15) is 4.79 Å². The number of aromatic nitrogens is 1. The number of nitrogens with one attached hydrogen (secondary N) is 1. The van der Waals surface area contributed by atoms with E-state index in [1.807, 2.05) is 67.6 Å². The molecule has 1 aliphatic rings. The molecule has 0 atom stereocenters. The second kappa shape index (κ2) is 6.79. The van der Waals surface area contributed by atoms with Crippen molar-refractivity contribution in [1.82, 2.24) is 5.16 Å². The summed E-state index contributed by atoms with van der Waals surface area (Å²) in [5, 5.41) is 7.18. The number of fused-ring (bicyclic) bond motifs is 1. The molecular formula is C22H22N2O2. The molecule has 1 N–H and O–H groups in total. The summed E-state index contributed by atoms with van der Waals surface area (Å²) >= 11 is 0. The van der Waals surface area contributed by atoms with E-state index in [4.69, 9.17) is 4.52 Å². The van der Waals surface area contributed by atoms with Crippen molar-refractivity contribution in [2.75, 3.05) is 5.32 Å². The summed E-state index contributed by atoms with van der Waals surface area (Å²) < 4.78 is 5.45. The van der Waals surface area contributed by atoms with Crippen LogP contribution in [0.3, 0.4) is 0 Å². The summed E-state index contributed by atoms with van der Waals surface area (Å²) in [4.78, 5) is 13.4. The van der Waals surface area contributed by atoms with Crippen molar-refractivity contribution in [2.45, 2.75) is 38.0 Å². The Morgan fingerprint density at radius 1 is 0.962 bits per heavy atom. The number of nitrogens with zero attached hydrogens (tertiary/aromatic N) is 1. The van der Waals surface area contributed by atoms with E-state index >= 15 is 0 Å². The second-order valence-electron chi connectivity index (χ2n) is 6.95. The van der Waals surface area contributed by atoms with Crippen molar-refractivity contribution in [3.63, 3.8) is 0 Å². The number of rotatable bonds is 4.